The fourth-order valence-electron chi connectivity index (χ4n) is 3.55. The molecule has 1 fully saturated rings. The van der Waals surface area contributed by atoms with Gasteiger partial charge in [0, 0.05) is 30.9 Å². The lowest BCUT2D eigenvalue weighted by atomic mass is 9.99. The van der Waals surface area contributed by atoms with Crippen LogP contribution >= 0.6 is 11.3 Å². The van der Waals surface area contributed by atoms with Crippen LogP contribution in [0.4, 0.5) is 0 Å². The molecule has 2 aliphatic rings. The van der Waals surface area contributed by atoms with Crippen LogP contribution in [0.15, 0.2) is 6.07 Å². The van der Waals surface area contributed by atoms with Gasteiger partial charge in [0.05, 0.1) is 4.88 Å². The van der Waals surface area contributed by atoms with E-state index < -0.39 is 0 Å². The van der Waals surface area contributed by atoms with E-state index in [1.807, 2.05) is 4.90 Å². The summed E-state index contributed by atoms with van der Waals surface area (Å²) in [6.45, 7) is 3.11. The lowest BCUT2D eigenvalue weighted by Gasteiger charge is -2.31. The molecule has 0 radical (unpaired) electrons. The summed E-state index contributed by atoms with van der Waals surface area (Å²) in [4.78, 5) is 28.0. The number of carbonyl (C=O) groups excluding carboxylic acids is 2. The molecule has 1 N–H and O–H groups in total. The van der Waals surface area contributed by atoms with Crippen molar-refractivity contribution in [3.05, 3.63) is 21.4 Å². The van der Waals surface area contributed by atoms with Crippen molar-refractivity contribution in [2.45, 2.75) is 64.3 Å². The second kappa shape index (κ2) is 7.47. The highest BCUT2D eigenvalue weighted by Gasteiger charge is 2.23. The van der Waals surface area contributed by atoms with E-state index in [9.17, 15) is 9.59 Å². The molecule has 1 aromatic rings. The second-order valence-electron chi connectivity index (χ2n) is 6.73. The highest BCUT2D eigenvalue weighted by atomic mass is 32.1. The molecular formula is C18H26N2O2S. The minimum atomic E-state index is 0.0722. The van der Waals surface area contributed by atoms with Gasteiger partial charge in [-0.05, 0) is 50.2 Å². The lowest BCUT2D eigenvalue weighted by molar-refractivity contribution is -0.129. The fourth-order valence-corrected chi connectivity index (χ4v) is 4.71. The number of amides is 2. The van der Waals surface area contributed by atoms with E-state index in [0.29, 0.717) is 0 Å². The molecule has 0 saturated carbocycles. The molecule has 4 nitrogen and oxygen atoms in total. The largest absolute Gasteiger partial charge is 0.348 e. The van der Waals surface area contributed by atoms with Gasteiger partial charge in [-0.3, -0.25) is 9.59 Å². The summed E-state index contributed by atoms with van der Waals surface area (Å²) in [5.41, 5.74) is 1.39. The van der Waals surface area contributed by atoms with Gasteiger partial charge < -0.3 is 10.2 Å². The third-order valence-electron chi connectivity index (χ3n) is 5.00. The van der Waals surface area contributed by atoms with E-state index >= 15 is 0 Å². The van der Waals surface area contributed by atoms with Crippen molar-refractivity contribution in [3.8, 4) is 0 Å². The first-order valence-electron chi connectivity index (χ1n) is 8.81. The van der Waals surface area contributed by atoms with E-state index in [2.05, 4.69) is 11.4 Å². The number of fused-ring (bicyclic) bond motifs is 1. The zero-order valence-corrected chi connectivity index (χ0v) is 14.7. The summed E-state index contributed by atoms with van der Waals surface area (Å²) in [5.74, 6) is 0.205. The highest BCUT2D eigenvalue weighted by molar-refractivity contribution is 7.14. The van der Waals surface area contributed by atoms with Gasteiger partial charge >= 0.3 is 0 Å². The van der Waals surface area contributed by atoms with E-state index in [4.69, 9.17) is 0 Å². The Bertz CT molecular complexity index is 548. The van der Waals surface area contributed by atoms with Gasteiger partial charge in [0.25, 0.3) is 5.91 Å². The Kier molecular flexibility index (Phi) is 5.36. The molecule has 0 unspecified atom stereocenters. The van der Waals surface area contributed by atoms with Crippen LogP contribution in [0.1, 0.15) is 65.6 Å². The Morgan fingerprint density at radius 2 is 1.83 bits per heavy atom. The first-order chi connectivity index (χ1) is 11.1. The minimum absolute atomic E-state index is 0.0722. The van der Waals surface area contributed by atoms with Gasteiger partial charge in [-0.1, -0.05) is 12.8 Å². The topological polar surface area (TPSA) is 49.4 Å². The molecule has 1 aliphatic carbocycles. The number of nitrogens with zero attached hydrogens (tertiary/aromatic N) is 1. The third-order valence-corrected chi connectivity index (χ3v) is 6.23. The molecule has 0 spiro atoms. The molecule has 1 saturated heterocycles. The Morgan fingerprint density at radius 3 is 2.52 bits per heavy atom. The molecule has 2 heterocycles. The van der Waals surface area contributed by atoms with Gasteiger partial charge in [-0.25, -0.2) is 0 Å². The molecule has 1 aliphatic heterocycles. The molecule has 126 valence electrons. The first kappa shape index (κ1) is 16.5. The average molecular weight is 334 g/mol. The van der Waals surface area contributed by atoms with Gasteiger partial charge in [0.2, 0.25) is 5.91 Å². The van der Waals surface area contributed by atoms with Gasteiger partial charge in [0.1, 0.15) is 0 Å². The summed E-state index contributed by atoms with van der Waals surface area (Å²) in [5, 5.41) is 3.17. The predicted octanol–water partition coefficient (Wildman–Crippen LogP) is 3.15. The van der Waals surface area contributed by atoms with Crippen molar-refractivity contribution < 1.29 is 9.59 Å². The van der Waals surface area contributed by atoms with Crippen LogP contribution in [0.3, 0.4) is 0 Å². The Morgan fingerprint density at radius 1 is 1.13 bits per heavy atom. The normalized spacial score (nSPS) is 19.6. The van der Waals surface area contributed by atoms with E-state index in [1.54, 1.807) is 18.3 Å². The van der Waals surface area contributed by atoms with Crippen LogP contribution in [0.5, 0.6) is 0 Å². The molecule has 0 bridgehead atoms. The number of carbonyl (C=O) groups is 2. The molecule has 5 heteroatoms. The Labute approximate surface area is 142 Å². The summed E-state index contributed by atoms with van der Waals surface area (Å²) in [6.07, 6.45) is 9.08. The minimum Gasteiger partial charge on any atom is -0.348 e. The van der Waals surface area contributed by atoms with E-state index in [1.165, 1.54) is 36.1 Å². The summed E-state index contributed by atoms with van der Waals surface area (Å²) < 4.78 is 0. The second-order valence-corrected chi connectivity index (χ2v) is 7.86. The van der Waals surface area contributed by atoms with Crippen LogP contribution in [-0.2, 0) is 17.6 Å². The van der Waals surface area contributed by atoms with Crippen LogP contribution in [0.25, 0.3) is 0 Å². The number of piperidine rings is 1. The standard InChI is InChI=1S/C18H26N2O2S/c1-13(21)20-10-8-15(9-11-20)19-18(22)17-12-14-6-4-2-3-5-7-16(14)23-17/h12,15H,2-11H2,1H3,(H,19,22). The smallest absolute Gasteiger partial charge is 0.261 e. The number of nitrogens with one attached hydrogen (secondary N) is 1. The van der Waals surface area contributed by atoms with E-state index in [-0.39, 0.29) is 17.9 Å². The molecule has 0 aromatic carbocycles. The lowest BCUT2D eigenvalue weighted by Crippen LogP contribution is -2.45. The quantitative estimate of drug-likeness (QED) is 0.903. The first-order valence-corrected chi connectivity index (χ1v) is 9.63. The molecule has 2 amide bonds. The van der Waals surface area contributed by atoms with Crippen LogP contribution in [-0.4, -0.2) is 35.8 Å². The maximum atomic E-state index is 12.5. The molecular weight excluding hydrogens is 308 g/mol. The Balaban J connectivity index is 1.58. The van der Waals surface area contributed by atoms with Crippen molar-refractivity contribution in [2.24, 2.45) is 0 Å². The average Bonchev–Trinajstić information content (AvgIpc) is 2.90. The van der Waals surface area contributed by atoms with Crippen molar-refractivity contribution in [1.29, 1.82) is 0 Å². The highest BCUT2D eigenvalue weighted by Crippen LogP contribution is 2.28. The van der Waals surface area contributed by atoms with Crippen LogP contribution in [0.2, 0.25) is 0 Å². The van der Waals surface area contributed by atoms with Gasteiger partial charge in [0.15, 0.2) is 0 Å². The maximum absolute atomic E-state index is 12.5. The fraction of sp³-hybridized carbons (Fsp3) is 0.667. The molecule has 3 rings (SSSR count). The van der Waals surface area contributed by atoms with Crippen LogP contribution < -0.4 is 5.32 Å². The van der Waals surface area contributed by atoms with Crippen molar-refractivity contribution in [1.82, 2.24) is 10.2 Å². The summed E-state index contributed by atoms with van der Waals surface area (Å²) in [6, 6.07) is 2.31. The monoisotopic (exact) mass is 334 g/mol. The molecule has 0 atom stereocenters. The SMILES string of the molecule is CC(=O)N1CCC(NC(=O)c2cc3c(s2)CCCCCC3)CC1. The van der Waals surface area contributed by atoms with Crippen molar-refractivity contribution in [3.63, 3.8) is 0 Å². The number of likely N-dealkylation sites (tertiary alicyclic amines) is 1. The number of hydrogen-bond donors (Lipinski definition) is 1. The van der Waals surface area contributed by atoms with Gasteiger partial charge in [-0.2, -0.15) is 0 Å². The zero-order valence-electron chi connectivity index (χ0n) is 13.9. The predicted molar refractivity (Wildman–Crippen MR) is 92.9 cm³/mol. The van der Waals surface area contributed by atoms with E-state index in [0.717, 1.165) is 43.6 Å². The number of aryl methyl sites for hydroxylation is 2. The summed E-state index contributed by atoms with van der Waals surface area (Å²) in [7, 11) is 0. The summed E-state index contributed by atoms with van der Waals surface area (Å²) >= 11 is 1.68. The van der Waals surface area contributed by atoms with Crippen molar-refractivity contribution in [2.75, 3.05) is 13.1 Å². The Hall–Kier alpha value is -1.36. The number of thiophene rings is 1. The maximum Gasteiger partial charge on any atom is 0.261 e. The third kappa shape index (κ3) is 4.14. The number of rotatable bonds is 2. The zero-order chi connectivity index (χ0) is 16.2. The van der Waals surface area contributed by atoms with Gasteiger partial charge in [-0.15, -0.1) is 11.3 Å². The van der Waals surface area contributed by atoms with Crippen LogP contribution in [0, 0.1) is 0 Å². The molecule has 1 aromatic heterocycles. The number of hydrogen-bond acceptors (Lipinski definition) is 3. The van der Waals surface area contributed by atoms with Crippen molar-refractivity contribution >= 4 is 23.2 Å². The molecule has 23 heavy (non-hydrogen) atoms.